The lowest BCUT2D eigenvalue weighted by Crippen LogP contribution is -1.97. The number of hydrogen-bond acceptors (Lipinski definition) is 2. The normalized spacial score (nSPS) is 10.7. The molecule has 0 amide bonds. The van der Waals surface area contributed by atoms with E-state index in [1.165, 1.54) is 0 Å². The van der Waals surface area contributed by atoms with E-state index in [1.54, 1.807) is 36.7 Å². The average Bonchev–Trinajstić information content (AvgIpc) is 2.62. The molecule has 0 fully saturated rings. The largest absolute Gasteiger partial charge is 0.263 e. The van der Waals surface area contributed by atoms with Gasteiger partial charge >= 0.3 is 0 Å². The Balaban J connectivity index is 2.31. The Morgan fingerprint density at radius 3 is 1.44 bits per heavy atom. The lowest BCUT2D eigenvalue weighted by molar-refractivity contribution is 1.22. The van der Waals surface area contributed by atoms with Crippen molar-refractivity contribution in [1.29, 1.82) is 5.26 Å². The molecule has 2 aromatic carbocycles. The molecular formula is C19H8Cl6N2. The summed E-state index contributed by atoms with van der Waals surface area (Å²) in [6.45, 7) is 0. The molecule has 8 heteroatoms. The zero-order valence-corrected chi connectivity index (χ0v) is 17.9. The number of benzene rings is 2. The van der Waals surface area contributed by atoms with E-state index in [-0.39, 0.29) is 6.42 Å². The van der Waals surface area contributed by atoms with E-state index < -0.39 is 0 Å². The maximum Gasteiger partial charge on any atom is 0.0670 e. The Bertz CT molecular complexity index is 1010. The molecule has 0 radical (unpaired) electrons. The second kappa shape index (κ2) is 8.45. The summed E-state index contributed by atoms with van der Waals surface area (Å²) in [5, 5.41) is 11.5. The van der Waals surface area contributed by atoms with Crippen molar-refractivity contribution >= 4 is 69.6 Å². The van der Waals surface area contributed by atoms with E-state index in [2.05, 4.69) is 11.1 Å². The molecule has 0 bridgehead atoms. The first-order chi connectivity index (χ1) is 12.8. The van der Waals surface area contributed by atoms with Gasteiger partial charge in [0.05, 0.1) is 42.6 Å². The van der Waals surface area contributed by atoms with E-state index in [4.69, 9.17) is 69.6 Å². The van der Waals surface area contributed by atoms with Gasteiger partial charge in [-0.1, -0.05) is 69.6 Å². The molecule has 1 aromatic heterocycles. The minimum Gasteiger partial charge on any atom is -0.263 e. The average molecular weight is 477 g/mol. The number of rotatable bonds is 3. The zero-order valence-electron chi connectivity index (χ0n) is 13.3. The van der Waals surface area contributed by atoms with Gasteiger partial charge < -0.3 is 0 Å². The van der Waals surface area contributed by atoms with E-state index in [1.807, 2.05) is 0 Å². The first-order valence-electron chi connectivity index (χ1n) is 7.47. The van der Waals surface area contributed by atoms with Crippen molar-refractivity contribution in [2.75, 3.05) is 0 Å². The minimum atomic E-state index is 0.0976. The molecule has 0 N–H and O–H groups in total. The van der Waals surface area contributed by atoms with Crippen LogP contribution in [0.4, 0.5) is 0 Å². The highest BCUT2D eigenvalue weighted by Gasteiger charge is 2.18. The molecule has 3 aromatic rings. The smallest absolute Gasteiger partial charge is 0.0670 e. The van der Waals surface area contributed by atoms with Gasteiger partial charge in [0.15, 0.2) is 0 Å². The predicted molar refractivity (Wildman–Crippen MR) is 114 cm³/mol. The number of nitriles is 1. The van der Waals surface area contributed by atoms with Gasteiger partial charge in [0, 0.05) is 34.6 Å². The first-order valence-corrected chi connectivity index (χ1v) is 9.74. The van der Waals surface area contributed by atoms with E-state index in [9.17, 15) is 5.26 Å². The number of pyridine rings is 1. The van der Waals surface area contributed by atoms with Gasteiger partial charge in [0.2, 0.25) is 0 Å². The summed E-state index contributed by atoms with van der Waals surface area (Å²) in [6, 6.07) is 8.55. The van der Waals surface area contributed by atoms with Gasteiger partial charge in [-0.25, -0.2) is 0 Å². The van der Waals surface area contributed by atoms with Gasteiger partial charge in [0.25, 0.3) is 0 Å². The van der Waals surface area contributed by atoms with Crippen molar-refractivity contribution in [3.05, 3.63) is 72.4 Å². The van der Waals surface area contributed by atoms with Crippen LogP contribution in [0.3, 0.4) is 0 Å². The van der Waals surface area contributed by atoms with Crippen LogP contribution < -0.4 is 0 Å². The zero-order chi connectivity index (χ0) is 19.7. The maximum absolute atomic E-state index is 9.37. The molecule has 27 heavy (non-hydrogen) atoms. The molecule has 1 heterocycles. The SMILES string of the molecule is N#CCc1c(-c2cc(Cl)c(Cl)cc2Cl)cncc1-c1cc(Cl)c(Cl)cc1Cl. The van der Waals surface area contributed by atoms with Gasteiger partial charge in [-0.15, -0.1) is 0 Å². The summed E-state index contributed by atoms with van der Waals surface area (Å²) in [6.07, 6.45) is 3.33. The molecule has 0 aliphatic rings. The lowest BCUT2D eigenvalue weighted by Gasteiger charge is -2.16. The third-order valence-corrected chi connectivity index (χ3v) is 5.98. The fourth-order valence-corrected chi connectivity index (χ4v) is 3.98. The molecule has 0 aliphatic carbocycles. The highest BCUT2D eigenvalue weighted by atomic mass is 35.5. The summed E-state index contributed by atoms with van der Waals surface area (Å²) in [4.78, 5) is 4.29. The predicted octanol–water partition coefficient (Wildman–Crippen LogP) is 8.40. The van der Waals surface area contributed by atoms with Crippen LogP contribution >= 0.6 is 69.6 Å². The highest BCUT2D eigenvalue weighted by Crippen LogP contribution is 2.42. The van der Waals surface area contributed by atoms with Crippen molar-refractivity contribution in [2.24, 2.45) is 0 Å². The molecule has 0 aliphatic heterocycles. The van der Waals surface area contributed by atoms with Crippen LogP contribution in [-0.4, -0.2) is 4.98 Å². The molecule has 3 rings (SSSR count). The number of nitrogens with zero attached hydrogens (tertiary/aromatic N) is 2. The quantitative estimate of drug-likeness (QED) is 0.356. The van der Waals surface area contributed by atoms with Crippen LogP contribution in [-0.2, 0) is 6.42 Å². The minimum absolute atomic E-state index is 0.0976. The Kier molecular flexibility index (Phi) is 6.43. The molecule has 0 spiro atoms. The summed E-state index contributed by atoms with van der Waals surface area (Å²) in [7, 11) is 0. The van der Waals surface area contributed by atoms with Gasteiger partial charge in [-0.05, 0) is 29.8 Å². The second-order valence-corrected chi connectivity index (χ2v) is 7.98. The lowest BCUT2D eigenvalue weighted by atomic mass is 9.92. The van der Waals surface area contributed by atoms with Gasteiger partial charge in [-0.3, -0.25) is 4.98 Å². The van der Waals surface area contributed by atoms with Crippen molar-refractivity contribution in [2.45, 2.75) is 6.42 Å². The van der Waals surface area contributed by atoms with Crippen LogP contribution in [0.1, 0.15) is 5.56 Å². The number of aromatic nitrogens is 1. The first kappa shape index (κ1) is 20.6. The van der Waals surface area contributed by atoms with E-state index >= 15 is 0 Å². The van der Waals surface area contributed by atoms with Crippen LogP contribution in [0.25, 0.3) is 22.3 Å². The van der Waals surface area contributed by atoms with Crippen LogP contribution in [0.2, 0.25) is 30.1 Å². The van der Waals surface area contributed by atoms with Crippen molar-refractivity contribution in [3.63, 3.8) is 0 Å². The van der Waals surface area contributed by atoms with Crippen LogP contribution in [0.5, 0.6) is 0 Å². The summed E-state index contributed by atoms with van der Waals surface area (Å²) >= 11 is 37.1. The molecule has 0 atom stereocenters. The molecule has 2 nitrogen and oxygen atoms in total. The summed E-state index contributed by atoms with van der Waals surface area (Å²) < 4.78 is 0. The van der Waals surface area contributed by atoms with Crippen molar-refractivity contribution in [3.8, 4) is 28.3 Å². The maximum atomic E-state index is 9.37. The highest BCUT2D eigenvalue weighted by molar-refractivity contribution is 6.44. The van der Waals surface area contributed by atoms with Gasteiger partial charge in [-0.2, -0.15) is 5.26 Å². The van der Waals surface area contributed by atoms with Gasteiger partial charge in [0.1, 0.15) is 0 Å². The topological polar surface area (TPSA) is 36.7 Å². The standard InChI is InChI=1S/C19H8Cl6N2/c20-14-5-18(24)16(22)3-10(14)12-7-27-8-13(9(12)1-2-26)11-4-17(23)19(25)6-15(11)21/h3-8H,1H2. The van der Waals surface area contributed by atoms with Crippen molar-refractivity contribution in [1.82, 2.24) is 4.98 Å². The van der Waals surface area contributed by atoms with Crippen molar-refractivity contribution < 1.29 is 0 Å². The Labute approximate surface area is 186 Å². The molecular weight excluding hydrogens is 469 g/mol. The fourth-order valence-electron chi connectivity index (χ4n) is 2.68. The van der Waals surface area contributed by atoms with E-state index in [0.717, 1.165) is 0 Å². The van der Waals surface area contributed by atoms with Crippen LogP contribution in [0, 0.1) is 11.3 Å². The Hall–Kier alpha value is -1.18. The monoisotopic (exact) mass is 474 g/mol. The third kappa shape index (κ3) is 4.15. The van der Waals surface area contributed by atoms with Crippen LogP contribution in [0.15, 0.2) is 36.7 Å². The number of hydrogen-bond donors (Lipinski definition) is 0. The summed E-state index contributed by atoms with van der Waals surface area (Å²) in [5.41, 5.74) is 3.22. The fraction of sp³-hybridized carbons (Fsp3) is 0.0526. The molecule has 0 unspecified atom stereocenters. The molecule has 0 saturated heterocycles. The number of halogens is 6. The molecule has 136 valence electrons. The second-order valence-electron chi connectivity index (χ2n) is 5.54. The Morgan fingerprint density at radius 2 is 1.04 bits per heavy atom. The molecule has 0 saturated carbocycles. The third-order valence-electron chi connectivity index (χ3n) is 3.91. The van der Waals surface area contributed by atoms with E-state index in [0.29, 0.717) is 58.0 Å². The Morgan fingerprint density at radius 1 is 0.630 bits per heavy atom. The summed E-state index contributed by atoms with van der Waals surface area (Å²) in [5.74, 6) is 0.